The average molecular weight is 151 g/mol. The SMILES string of the molecule is Cc1cc(/C=C/CN)nn1C. The maximum atomic E-state index is 5.30. The van der Waals surface area contributed by atoms with Crippen molar-refractivity contribution in [1.82, 2.24) is 9.78 Å². The van der Waals surface area contributed by atoms with Crippen LogP contribution in [0.5, 0.6) is 0 Å². The van der Waals surface area contributed by atoms with Crippen LogP contribution in [-0.2, 0) is 7.05 Å². The van der Waals surface area contributed by atoms with Crippen LogP contribution in [0.3, 0.4) is 0 Å². The highest BCUT2D eigenvalue weighted by atomic mass is 15.3. The van der Waals surface area contributed by atoms with E-state index in [1.807, 2.05) is 36.9 Å². The lowest BCUT2D eigenvalue weighted by atomic mass is 10.3. The first kappa shape index (κ1) is 8.01. The number of nitrogens with zero attached hydrogens (tertiary/aromatic N) is 2. The zero-order chi connectivity index (χ0) is 8.27. The molecule has 0 unspecified atom stereocenters. The van der Waals surface area contributed by atoms with Crippen LogP contribution in [0.2, 0.25) is 0 Å². The van der Waals surface area contributed by atoms with Crippen molar-refractivity contribution in [3.63, 3.8) is 0 Å². The molecule has 1 heterocycles. The van der Waals surface area contributed by atoms with E-state index in [1.54, 1.807) is 0 Å². The van der Waals surface area contributed by atoms with Gasteiger partial charge in [-0.1, -0.05) is 6.08 Å². The highest BCUT2D eigenvalue weighted by Gasteiger charge is 1.94. The Morgan fingerprint density at radius 1 is 1.73 bits per heavy atom. The molecule has 0 saturated carbocycles. The van der Waals surface area contributed by atoms with Crippen molar-refractivity contribution in [2.24, 2.45) is 12.8 Å². The molecule has 0 radical (unpaired) electrons. The zero-order valence-electron chi connectivity index (χ0n) is 6.91. The van der Waals surface area contributed by atoms with Crippen LogP contribution in [0, 0.1) is 6.92 Å². The average Bonchev–Trinajstić information content (AvgIpc) is 2.28. The lowest BCUT2D eigenvalue weighted by Gasteiger charge is -1.88. The van der Waals surface area contributed by atoms with Gasteiger partial charge in [-0.05, 0) is 19.1 Å². The minimum Gasteiger partial charge on any atom is -0.327 e. The third-order valence-corrected chi connectivity index (χ3v) is 1.56. The van der Waals surface area contributed by atoms with Gasteiger partial charge in [0.15, 0.2) is 0 Å². The molecule has 0 spiro atoms. The molecular formula is C8H13N3. The molecule has 3 heteroatoms. The first-order chi connectivity index (χ1) is 5.24. The lowest BCUT2D eigenvalue weighted by molar-refractivity contribution is 0.737. The Balaban J connectivity index is 2.80. The lowest BCUT2D eigenvalue weighted by Crippen LogP contribution is -1.93. The first-order valence-corrected chi connectivity index (χ1v) is 3.61. The van der Waals surface area contributed by atoms with Crippen molar-refractivity contribution in [3.8, 4) is 0 Å². The maximum absolute atomic E-state index is 5.30. The molecule has 60 valence electrons. The molecule has 1 aromatic rings. The predicted octanol–water partition coefficient (Wildman–Crippen LogP) is 0.700. The highest BCUT2D eigenvalue weighted by Crippen LogP contribution is 2.02. The summed E-state index contributed by atoms with van der Waals surface area (Å²) in [6.45, 7) is 2.59. The third-order valence-electron chi connectivity index (χ3n) is 1.56. The molecule has 1 aromatic heterocycles. The van der Waals surface area contributed by atoms with E-state index in [0.717, 1.165) is 11.4 Å². The van der Waals surface area contributed by atoms with E-state index in [4.69, 9.17) is 5.73 Å². The third kappa shape index (κ3) is 1.91. The standard InChI is InChI=1S/C8H13N3/c1-7-6-8(4-3-5-9)10-11(7)2/h3-4,6H,5,9H2,1-2H3/b4-3+. The summed E-state index contributed by atoms with van der Waals surface area (Å²) in [4.78, 5) is 0. The van der Waals surface area contributed by atoms with Gasteiger partial charge in [0.1, 0.15) is 0 Å². The van der Waals surface area contributed by atoms with Gasteiger partial charge in [0.25, 0.3) is 0 Å². The molecule has 3 nitrogen and oxygen atoms in total. The highest BCUT2D eigenvalue weighted by molar-refractivity contribution is 5.44. The first-order valence-electron chi connectivity index (χ1n) is 3.61. The van der Waals surface area contributed by atoms with Gasteiger partial charge < -0.3 is 5.73 Å². The molecule has 2 N–H and O–H groups in total. The van der Waals surface area contributed by atoms with Crippen molar-refractivity contribution in [1.29, 1.82) is 0 Å². The molecular weight excluding hydrogens is 138 g/mol. The second-order valence-electron chi connectivity index (χ2n) is 2.47. The molecule has 0 saturated heterocycles. The van der Waals surface area contributed by atoms with E-state index >= 15 is 0 Å². The van der Waals surface area contributed by atoms with E-state index in [9.17, 15) is 0 Å². The molecule has 0 aliphatic heterocycles. The Morgan fingerprint density at radius 3 is 2.91 bits per heavy atom. The number of rotatable bonds is 2. The van der Waals surface area contributed by atoms with Crippen LogP contribution in [0.15, 0.2) is 12.1 Å². The number of aryl methyl sites for hydroxylation is 2. The Hall–Kier alpha value is -1.09. The minimum absolute atomic E-state index is 0.565. The summed E-state index contributed by atoms with van der Waals surface area (Å²) in [5.41, 5.74) is 7.42. The Bertz CT molecular complexity index is 241. The molecule has 0 bridgehead atoms. The van der Waals surface area contributed by atoms with E-state index in [1.165, 1.54) is 0 Å². The van der Waals surface area contributed by atoms with Crippen molar-refractivity contribution in [2.75, 3.05) is 6.54 Å². The molecule has 0 fully saturated rings. The summed E-state index contributed by atoms with van der Waals surface area (Å²) in [6, 6.07) is 2.02. The quantitative estimate of drug-likeness (QED) is 0.676. The smallest absolute Gasteiger partial charge is 0.0850 e. The molecule has 0 aliphatic carbocycles. The van der Waals surface area contributed by atoms with Crippen molar-refractivity contribution >= 4 is 6.08 Å². The van der Waals surface area contributed by atoms with Crippen molar-refractivity contribution in [3.05, 3.63) is 23.5 Å². The van der Waals surface area contributed by atoms with Crippen LogP contribution >= 0.6 is 0 Å². The van der Waals surface area contributed by atoms with Crippen molar-refractivity contribution in [2.45, 2.75) is 6.92 Å². The van der Waals surface area contributed by atoms with Gasteiger partial charge in [-0.3, -0.25) is 4.68 Å². The van der Waals surface area contributed by atoms with Gasteiger partial charge in [-0.15, -0.1) is 0 Å². The summed E-state index contributed by atoms with van der Waals surface area (Å²) in [6.07, 6.45) is 3.81. The fourth-order valence-corrected chi connectivity index (χ4v) is 0.859. The molecule has 0 atom stereocenters. The summed E-state index contributed by atoms with van der Waals surface area (Å²) in [7, 11) is 1.93. The van der Waals surface area contributed by atoms with E-state index in [2.05, 4.69) is 5.10 Å². The molecule has 0 aliphatic rings. The maximum Gasteiger partial charge on any atom is 0.0850 e. The van der Waals surface area contributed by atoms with Gasteiger partial charge in [-0.2, -0.15) is 5.10 Å². The second kappa shape index (κ2) is 3.34. The minimum atomic E-state index is 0.565. The van der Waals surface area contributed by atoms with E-state index in [0.29, 0.717) is 6.54 Å². The number of aromatic nitrogens is 2. The molecule has 1 rings (SSSR count). The molecule has 11 heavy (non-hydrogen) atoms. The second-order valence-corrected chi connectivity index (χ2v) is 2.47. The monoisotopic (exact) mass is 151 g/mol. The normalized spacial score (nSPS) is 11.2. The van der Waals surface area contributed by atoms with Gasteiger partial charge in [0.2, 0.25) is 0 Å². The largest absolute Gasteiger partial charge is 0.327 e. The predicted molar refractivity (Wildman–Crippen MR) is 46.0 cm³/mol. The fraction of sp³-hybridized carbons (Fsp3) is 0.375. The van der Waals surface area contributed by atoms with Crippen LogP contribution < -0.4 is 5.73 Å². The summed E-state index contributed by atoms with van der Waals surface area (Å²) >= 11 is 0. The number of hydrogen-bond acceptors (Lipinski definition) is 2. The topological polar surface area (TPSA) is 43.8 Å². The Labute approximate surface area is 66.5 Å². The Morgan fingerprint density at radius 2 is 2.45 bits per heavy atom. The van der Waals surface area contributed by atoms with Crippen LogP contribution in [0.4, 0.5) is 0 Å². The summed E-state index contributed by atoms with van der Waals surface area (Å²) in [5.74, 6) is 0. The summed E-state index contributed by atoms with van der Waals surface area (Å²) in [5, 5.41) is 4.22. The zero-order valence-corrected chi connectivity index (χ0v) is 6.91. The van der Waals surface area contributed by atoms with Crippen LogP contribution in [-0.4, -0.2) is 16.3 Å². The molecule has 0 aromatic carbocycles. The van der Waals surface area contributed by atoms with E-state index < -0.39 is 0 Å². The number of nitrogens with two attached hydrogens (primary N) is 1. The van der Waals surface area contributed by atoms with Gasteiger partial charge in [0.05, 0.1) is 5.69 Å². The fourth-order valence-electron chi connectivity index (χ4n) is 0.859. The number of hydrogen-bond donors (Lipinski definition) is 1. The molecule has 0 amide bonds. The Kier molecular flexibility index (Phi) is 2.44. The van der Waals surface area contributed by atoms with E-state index in [-0.39, 0.29) is 0 Å². The summed E-state index contributed by atoms with van der Waals surface area (Å²) < 4.78 is 1.84. The van der Waals surface area contributed by atoms with Crippen LogP contribution in [0.25, 0.3) is 6.08 Å². The van der Waals surface area contributed by atoms with Gasteiger partial charge >= 0.3 is 0 Å². The van der Waals surface area contributed by atoms with Crippen LogP contribution in [0.1, 0.15) is 11.4 Å². The van der Waals surface area contributed by atoms with Crippen molar-refractivity contribution < 1.29 is 0 Å². The van der Waals surface area contributed by atoms with Gasteiger partial charge in [0, 0.05) is 19.3 Å². The van der Waals surface area contributed by atoms with Gasteiger partial charge in [-0.25, -0.2) is 0 Å².